The predicted molar refractivity (Wildman–Crippen MR) is 65.1 cm³/mol. The van der Waals surface area contributed by atoms with E-state index in [9.17, 15) is 0 Å². The molecule has 0 N–H and O–H groups in total. The van der Waals surface area contributed by atoms with Gasteiger partial charge in [-0.3, -0.25) is 0 Å². The lowest BCUT2D eigenvalue weighted by molar-refractivity contribution is 0.996. The molecule has 6 heteroatoms. The molecule has 5 nitrogen and oxygen atoms in total. The van der Waals surface area contributed by atoms with E-state index in [0.29, 0.717) is 5.56 Å². The Hall–Kier alpha value is -2.35. The van der Waals surface area contributed by atoms with Gasteiger partial charge in [0, 0.05) is 15.9 Å². The zero-order chi connectivity index (χ0) is 12.1. The highest BCUT2D eigenvalue weighted by Gasteiger charge is 2.03. The Balaban J connectivity index is 2.24. The second-order valence-electron chi connectivity index (χ2n) is 3.22. The lowest BCUT2D eigenvalue weighted by Gasteiger charge is -1.95. The molecule has 82 valence electrons. The Kier molecular flexibility index (Phi) is 3.36. The van der Waals surface area contributed by atoms with Crippen molar-refractivity contribution in [2.75, 3.05) is 0 Å². The summed E-state index contributed by atoms with van der Waals surface area (Å²) in [7, 11) is 0. The third-order valence-electron chi connectivity index (χ3n) is 2.11. The Bertz CT molecular complexity index is 602. The molecule has 0 saturated heterocycles. The summed E-state index contributed by atoms with van der Waals surface area (Å²) in [5.74, 6) is 0. The van der Waals surface area contributed by atoms with Crippen molar-refractivity contribution in [2.45, 2.75) is 6.54 Å². The van der Waals surface area contributed by atoms with Crippen LogP contribution in [0.25, 0.3) is 21.0 Å². The summed E-state index contributed by atoms with van der Waals surface area (Å²) in [6.07, 6.45) is 0. The van der Waals surface area contributed by atoms with Crippen LogP contribution in [0.15, 0.2) is 34.8 Å². The van der Waals surface area contributed by atoms with E-state index in [1.807, 2.05) is 17.5 Å². The highest BCUT2D eigenvalue weighted by Crippen LogP contribution is 2.24. The van der Waals surface area contributed by atoms with E-state index in [2.05, 4.69) is 21.1 Å². The van der Waals surface area contributed by atoms with Crippen LogP contribution < -0.4 is 0 Å². The number of hydrogen-bond acceptors (Lipinski definition) is 4. The van der Waals surface area contributed by atoms with Crippen LogP contribution in [0.3, 0.4) is 0 Å². The largest absolute Gasteiger partial charge is 0.241 e. The molecule has 1 aromatic carbocycles. The molecule has 0 spiro atoms. The van der Waals surface area contributed by atoms with Crippen LogP contribution in [0.5, 0.6) is 0 Å². The Labute approximate surface area is 102 Å². The minimum absolute atomic E-state index is 0.267. The van der Waals surface area contributed by atoms with Gasteiger partial charge in [-0.25, -0.2) is 4.98 Å². The number of hydrogen-bond donors (Lipinski definition) is 0. The average Bonchev–Trinajstić information content (AvgIpc) is 2.85. The summed E-state index contributed by atoms with van der Waals surface area (Å²) >= 11 is 1.49. The molecule has 1 aromatic heterocycles. The lowest BCUT2D eigenvalue weighted by atomic mass is 10.1. The monoisotopic (exact) mass is 241 g/mol. The van der Waals surface area contributed by atoms with E-state index >= 15 is 0 Å². The maximum atomic E-state index is 8.69. The van der Waals surface area contributed by atoms with Crippen LogP contribution in [0.2, 0.25) is 0 Å². The van der Waals surface area contributed by atoms with E-state index in [1.165, 1.54) is 11.3 Å². The number of benzene rings is 1. The van der Waals surface area contributed by atoms with Crippen molar-refractivity contribution >= 4 is 11.3 Å². The topological polar surface area (TPSA) is 85.4 Å². The van der Waals surface area contributed by atoms with Crippen LogP contribution >= 0.6 is 11.3 Å². The number of nitrogens with zero attached hydrogens (tertiary/aromatic N) is 5. The Morgan fingerprint density at radius 2 is 2.18 bits per heavy atom. The van der Waals surface area contributed by atoms with E-state index in [0.717, 1.165) is 16.3 Å². The first-order valence-corrected chi connectivity index (χ1v) is 5.67. The molecule has 2 rings (SSSR count). The molecular weight excluding hydrogens is 234 g/mol. The SMILES string of the molecule is N#Cc1ccc(-c2nc(CN=[N+]=[N-])cs2)cc1. The Morgan fingerprint density at radius 3 is 2.82 bits per heavy atom. The fraction of sp³-hybridized carbons (Fsp3) is 0.0909. The summed E-state index contributed by atoms with van der Waals surface area (Å²) in [4.78, 5) is 7.03. The minimum Gasteiger partial charge on any atom is -0.241 e. The van der Waals surface area contributed by atoms with Crippen molar-refractivity contribution in [1.82, 2.24) is 4.98 Å². The molecule has 0 fully saturated rings. The van der Waals surface area contributed by atoms with Gasteiger partial charge in [0.05, 0.1) is 23.9 Å². The molecule has 0 radical (unpaired) electrons. The highest BCUT2D eigenvalue weighted by atomic mass is 32.1. The van der Waals surface area contributed by atoms with E-state index in [4.69, 9.17) is 10.8 Å². The molecule has 0 atom stereocenters. The van der Waals surface area contributed by atoms with Gasteiger partial charge < -0.3 is 0 Å². The van der Waals surface area contributed by atoms with Gasteiger partial charge in [-0.15, -0.1) is 11.3 Å². The van der Waals surface area contributed by atoms with Gasteiger partial charge in [0.25, 0.3) is 0 Å². The van der Waals surface area contributed by atoms with Crippen molar-refractivity contribution in [3.8, 4) is 16.6 Å². The molecule has 0 unspecified atom stereocenters. The first-order valence-electron chi connectivity index (χ1n) is 4.79. The number of aromatic nitrogens is 1. The maximum absolute atomic E-state index is 8.69. The molecule has 2 aromatic rings. The molecular formula is C11H7N5S. The van der Waals surface area contributed by atoms with Gasteiger partial charge in [-0.1, -0.05) is 17.2 Å². The number of thiazole rings is 1. The fourth-order valence-electron chi connectivity index (χ4n) is 1.30. The van der Waals surface area contributed by atoms with Gasteiger partial charge in [0.1, 0.15) is 5.01 Å². The Morgan fingerprint density at radius 1 is 1.41 bits per heavy atom. The fourth-order valence-corrected chi connectivity index (χ4v) is 2.12. The highest BCUT2D eigenvalue weighted by molar-refractivity contribution is 7.13. The number of nitriles is 1. The zero-order valence-electron chi connectivity index (χ0n) is 8.74. The first-order chi connectivity index (χ1) is 8.33. The van der Waals surface area contributed by atoms with Crippen molar-refractivity contribution in [1.29, 1.82) is 5.26 Å². The van der Waals surface area contributed by atoms with Gasteiger partial charge in [-0.05, 0) is 17.7 Å². The van der Waals surface area contributed by atoms with Crippen LogP contribution in [0.1, 0.15) is 11.3 Å². The molecule has 0 aliphatic heterocycles. The average molecular weight is 241 g/mol. The second kappa shape index (κ2) is 5.12. The zero-order valence-corrected chi connectivity index (χ0v) is 9.55. The quantitative estimate of drug-likeness (QED) is 0.468. The van der Waals surface area contributed by atoms with Gasteiger partial charge in [0.15, 0.2) is 0 Å². The summed E-state index contributed by atoms with van der Waals surface area (Å²) in [5.41, 5.74) is 10.6. The summed E-state index contributed by atoms with van der Waals surface area (Å²) < 4.78 is 0. The maximum Gasteiger partial charge on any atom is 0.123 e. The number of azide groups is 1. The first kappa shape index (κ1) is 11.1. The minimum atomic E-state index is 0.267. The van der Waals surface area contributed by atoms with Crippen LogP contribution in [-0.2, 0) is 6.54 Å². The smallest absolute Gasteiger partial charge is 0.123 e. The second-order valence-corrected chi connectivity index (χ2v) is 4.08. The normalized spacial score (nSPS) is 9.35. The molecule has 0 aliphatic rings. The van der Waals surface area contributed by atoms with Crippen LogP contribution in [0.4, 0.5) is 0 Å². The lowest BCUT2D eigenvalue weighted by Crippen LogP contribution is -1.81. The molecule has 17 heavy (non-hydrogen) atoms. The predicted octanol–water partition coefficient (Wildman–Crippen LogP) is 3.49. The van der Waals surface area contributed by atoms with Crippen LogP contribution in [-0.4, -0.2) is 4.98 Å². The molecule has 0 amide bonds. The van der Waals surface area contributed by atoms with Gasteiger partial charge >= 0.3 is 0 Å². The van der Waals surface area contributed by atoms with Crippen molar-refractivity contribution < 1.29 is 0 Å². The summed E-state index contributed by atoms with van der Waals surface area (Å²) in [5, 5.41) is 14.9. The molecule has 1 heterocycles. The molecule has 0 bridgehead atoms. The van der Waals surface area contributed by atoms with E-state index in [-0.39, 0.29) is 6.54 Å². The van der Waals surface area contributed by atoms with Crippen LogP contribution in [0, 0.1) is 11.3 Å². The summed E-state index contributed by atoms with van der Waals surface area (Å²) in [6, 6.07) is 9.29. The van der Waals surface area contributed by atoms with Crippen molar-refractivity contribution in [3.63, 3.8) is 0 Å². The van der Waals surface area contributed by atoms with Gasteiger partial charge in [-0.2, -0.15) is 5.26 Å². The standard InChI is InChI=1S/C11H7N5S/c12-5-8-1-3-9(4-2-8)11-15-10(7-17-11)6-14-16-13/h1-4,7H,6H2. The third-order valence-corrected chi connectivity index (χ3v) is 3.05. The summed E-state index contributed by atoms with van der Waals surface area (Å²) in [6.45, 7) is 0.267. The van der Waals surface area contributed by atoms with E-state index in [1.54, 1.807) is 12.1 Å². The van der Waals surface area contributed by atoms with E-state index < -0.39 is 0 Å². The van der Waals surface area contributed by atoms with Crippen molar-refractivity contribution in [3.05, 3.63) is 51.3 Å². The van der Waals surface area contributed by atoms with Crippen molar-refractivity contribution in [2.24, 2.45) is 5.11 Å². The molecule has 0 saturated carbocycles. The number of rotatable bonds is 3. The third kappa shape index (κ3) is 2.61. The van der Waals surface area contributed by atoms with Gasteiger partial charge in [0.2, 0.25) is 0 Å². The molecule has 0 aliphatic carbocycles.